The second kappa shape index (κ2) is 7.07. The Balaban J connectivity index is 1.69. The summed E-state index contributed by atoms with van der Waals surface area (Å²) in [5.74, 6) is -0.0230. The van der Waals surface area contributed by atoms with Crippen molar-refractivity contribution in [2.24, 2.45) is 0 Å². The van der Waals surface area contributed by atoms with Crippen LogP contribution in [0, 0.1) is 0 Å². The molecule has 1 heterocycles. The fourth-order valence-corrected chi connectivity index (χ4v) is 2.87. The van der Waals surface area contributed by atoms with Crippen LogP contribution in [0.3, 0.4) is 0 Å². The highest BCUT2D eigenvalue weighted by molar-refractivity contribution is 7.14. The van der Waals surface area contributed by atoms with Gasteiger partial charge in [-0.15, -0.1) is 11.3 Å². The number of aromatic nitrogens is 1. The van der Waals surface area contributed by atoms with Gasteiger partial charge in [-0.2, -0.15) is 0 Å². The van der Waals surface area contributed by atoms with Gasteiger partial charge in [0.1, 0.15) is 0 Å². The Hall–Kier alpha value is -2.66. The Morgan fingerprint density at radius 1 is 1.09 bits per heavy atom. The number of hydrogen-bond donors (Lipinski definition) is 2. The standard InChI is InChI=1S/C18H17N3OS/c1-13(22)19-11-14-7-9-15(10-8-14)17-12-23-18(21-17)20-16-5-3-2-4-6-16/h2-10,12H,11H2,1H3,(H,19,22)(H,20,21). The number of amides is 1. The third-order valence-corrected chi connectivity index (χ3v) is 4.08. The molecule has 0 unspecified atom stereocenters. The highest BCUT2D eigenvalue weighted by atomic mass is 32.1. The zero-order valence-corrected chi connectivity index (χ0v) is 13.6. The molecule has 0 saturated heterocycles. The lowest BCUT2D eigenvalue weighted by molar-refractivity contribution is -0.119. The Morgan fingerprint density at radius 2 is 1.83 bits per heavy atom. The summed E-state index contributed by atoms with van der Waals surface area (Å²) < 4.78 is 0. The summed E-state index contributed by atoms with van der Waals surface area (Å²) in [6.45, 7) is 2.07. The van der Waals surface area contributed by atoms with E-state index in [1.54, 1.807) is 11.3 Å². The number of nitrogens with one attached hydrogen (secondary N) is 2. The van der Waals surface area contributed by atoms with E-state index >= 15 is 0 Å². The maximum atomic E-state index is 10.9. The first-order valence-electron chi connectivity index (χ1n) is 7.32. The average molecular weight is 323 g/mol. The molecule has 0 saturated carbocycles. The topological polar surface area (TPSA) is 54.0 Å². The molecule has 1 aromatic heterocycles. The summed E-state index contributed by atoms with van der Waals surface area (Å²) in [5, 5.41) is 8.99. The second-order valence-corrected chi connectivity index (χ2v) is 5.99. The summed E-state index contributed by atoms with van der Waals surface area (Å²) in [6.07, 6.45) is 0. The SMILES string of the molecule is CC(=O)NCc1ccc(-c2csc(Nc3ccccc3)n2)cc1. The number of para-hydroxylation sites is 1. The van der Waals surface area contributed by atoms with Gasteiger partial charge < -0.3 is 10.6 Å². The van der Waals surface area contributed by atoms with E-state index in [2.05, 4.69) is 15.6 Å². The zero-order valence-electron chi connectivity index (χ0n) is 12.7. The molecule has 3 rings (SSSR count). The maximum absolute atomic E-state index is 10.9. The Labute approximate surface area is 139 Å². The van der Waals surface area contributed by atoms with E-state index in [9.17, 15) is 4.79 Å². The Bertz CT molecular complexity index is 782. The van der Waals surface area contributed by atoms with E-state index in [0.29, 0.717) is 6.54 Å². The maximum Gasteiger partial charge on any atom is 0.217 e. The highest BCUT2D eigenvalue weighted by Gasteiger charge is 2.05. The molecule has 1 amide bonds. The van der Waals surface area contributed by atoms with Crippen LogP contribution in [0.1, 0.15) is 12.5 Å². The van der Waals surface area contributed by atoms with Crippen molar-refractivity contribution in [3.8, 4) is 11.3 Å². The van der Waals surface area contributed by atoms with Crippen molar-refractivity contribution in [3.05, 3.63) is 65.5 Å². The number of nitrogens with zero attached hydrogens (tertiary/aromatic N) is 1. The summed E-state index contributed by atoms with van der Waals surface area (Å²) in [6, 6.07) is 18.1. The molecular weight excluding hydrogens is 306 g/mol. The molecule has 2 N–H and O–H groups in total. The van der Waals surface area contributed by atoms with E-state index in [0.717, 1.165) is 27.6 Å². The van der Waals surface area contributed by atoms with E-state index < -0.39 is 0 Å². The number of benzene rings is 2. The van der Waals surface area contributed by atoms with E-state index in [-0.39, 0.29) is 5.91 Å². The minimum atomic E-state index is -0.0230. The summed E-state index contributed by atoms with van der Waals surface area (Å²) in [4.78, 5) is 15.5. The molecule has 2 aromatic carbocycles. The number of thiazole rings is 1. The molecule has 0 fully saturated rings. The Morgan fingerprint density at radius 3 is 2.52 bits per heavy atom. The molecule has 0 atom stereocenters. The monoisotopic (exact) mass is 323 g/mol. The van der Waals surface area contributed by atoms with Crippen molar-refractivity contribution in [2.75, 3.05) is 5.32 Å². The van der Waals surface area contributed by atoms with Gasteiger partial charge >= 0.3 is 0 Å². The van der Waals surface area contributed by atoms with Gasteiger partial charge in [-0.1, -0.05) is 42.5 Å². The average Bonchev–Trinajstić information content (AvgIpc) is 3.03. The van der Waals surface area contributed by atoms with Crippen LogP contribution in [0.25, 0.3) is 11.3 Å². The van der Waals surface area contributed by atoms with Gasteiger partial charge in [0.15, 0.2) is 5.13 Å². The summed E-state index contributed by atoms with van der Waals surface area (Å²) >= 11 is 1.58. The van der Waals surface area contributed by atoms with Crippen LogP contribution >= 0.6 is 11.3 Å². The Kier molecular flexibility index (Phi) is 4.68. The molecule has 0 aliphatic rings. The molecule has 0 radical (unpaired) electrons. The van der Waals surface area contributed by atoms with Gasteiger partial charge in [-0.05, 0) is 17.7 Å². The molecule has 0 aliphatic carbocycles. The van der Waals surface area contributed by atoms with Gasteiger partial charge in [-0.25, -0.2) is 4.98 Å². The first-order valence-corrected chi connectivity index (χ1v) is 8.20. The minimum Gasteiger partial charge on any atom is -0.352 e. The largest absolute Gasteiger partial charge is 0.352 e. The predicted molar refractivity (Wildman–Crippen MR) is 94.8 cm³/mol. The van der Waals surface area contributed by atoms with E-state index in [1.165, 1.54) is 6.92 Å². The zero-order chi connectivity index (χ0) is 16.1. The van der Waals surface area contributed by atoms with Crippen LogP contribution in [0.15, 0.2) is 60.0 Å². The number of hydrogen-bond acceptors (Lipinski definition) is 4. The second-order valence-electron chi connectivity index (χ2n) is 5.14. The molecule has 0 spiro atoms. The van der Waals surface area contributed by atoms with Crippen molar-refractivity contribution >= 4 is 28.1 Å². The van der Waals surface area contributed by atoms with Gasteiger partial charge in [0, 0.05) is 30.1 Å². The van der Waals surface area contributed by atoms with Crippen LogP contribution < -0.4 is 10.6 Å². The third kappa shape index (κ3) is 4.17. The van der Waals surface area contributed by atoms with Gasteiger partial charge in [0.05, 0.1) is 5.69 Å². The van der Waals surface area contributed by atoms with Crippen LogP contribution in [-0.4, -0.2) is 10.9 Å². The summed E-state index contributed by atoms with van der Waals surface area (Å²) in [7, 11) is 0. The van der Waals surface area contributed by atoms with Crippen LogP contribution in [0.2, 0.25) is 0 Å². The normalized spacial score (nSPS) is 10.3. The number of carbonyl (C=O) groups excluding carboxylic acids is 1. The molecule has 0 bridgehead atoms. The van der Waals surface area contributed by atoms with Crippen molar-refractivity contribution < 1.29 is 4.79 Å². The quantitative estimate of drug-likeness (QED) is 0.740. The molecule has 23 heavy (non-hydrogen) atoms. The highest BCUT2D eigenvalue weighted by Crippen LogP contribution is 2.27. The van der Waals surface area contributed by atoms with E-state index in [4.69, 9.17) is 0 Å². The molecule has 3 aromatic rings. The summed E-state index contributed by atoms with van der Waals surface area (Å²) in [5.41, 5.74) is 4.11. The molecule has 5 heteroatoms. The van der Waals surface area contributed by atoms with Crippen molar-refractivity contribution in [3.63, 3.8) is 0 Å². The van der Waals surface area contributed by atoms with E-state index in [1.807, 2.05) is 60.0 Å². The molecule has 4 nitrogen and oxygen atoms in total. The molecule has 0 aliphatic heterocycles. The molecular formula is C18H17N3OS. The number of anilines is 2. The number of carbonyl (C=O) groups is 1. The fraction of sp³-hybridized carbons (Fsp3) is 0.111. The van der Waals surface area contributed by atoms with Crippen molar-refractivity contribution in [2.45, 2.75) is 13.5 Å². The lowest BCUT2D eigenvalue weighted by Gasteiger charge is -2.03. The van der Waals surface area contributed by atoms with Crippen LogP contribution in [0.4, 0.5) is 10.8 Å². The van der Waals surface area contributed by atoms with Gasteiger partial charge in [0.25, 0.3) is 0 Å². The fourth-order valence-electron chi connectivity index (χ4n) is 2.13. The van der Waals surface area contributed by atoms with Gasteiger partial charge in [-0.3, -0.25) is 4.79 Å². The minimum absolute atomic E-state index is 0.0230. The smallest absolute Gasteiger partial charge is 0.217 e. The lowest BCUT2D eigenvalue weighted by Crippen LogP contribution is -2.18. The lowest BCUT2D eigenvalue weighted by atomic mass is 10.1. The first-order chi connectivity index (χ1) is 11.2. The predicted octanol–water partition coefficient (Wildman–Crippen LogP) is 4.19. The van der Waals surface area contributed by atoms with Crippen molar-refractivity contribution in [1.82, 2.24) is 10.3 Å². The number of rotatable bonds is 5. The van der Waals surface area contributed by atoms with Crippen molar-refractivity contribution in [1.29, 1.82) is 0 Å². The van der Waals surface area contributed by atoms with Gasteiger partial charge in [0.2, 0.25) is 5.91 Å². The van der Waals surface area contributed by atoms with Crippen LogP contribution in [0.5, 0.6) is 0 Å². The third-order valence-electron chi connectivity index (χ3n) is 3.32. The first kappa shape index (κ1) is 15.2. The van der Waals surface area contributed by atoms with Crippen LogP contribution in [-0.2, 0) is 11.3 Å². The molecule has 116 valence electrons.